The Morgan fingerprint density at radius 1 is 1.04 bits per heavy atom. The molecule has 1 saturated heterocycles. The number of hydrogen-bond acceptors (Lipinski definition) is 7. The van der Waals surface area contributed by atoms with E-state index in [0.717, 1.165) is 37.4 Å². The lowest BCUT2D eigenvalue weighted by Crippen LogP contribution is -2.46. The molecule has 7 nitrogen and oxygen atoms in total. The molecule has 1 fully saturated rings. The topological polar surface area (TPSA) is 78.5 Å². The van der Waals surface area contributed by atoms with Crippen molar-refractivity contribution in [1.82, 2.24) is 20.0 Å². The van der Waals surface area contributed by atoms with Gasteiger partial charge in [-0.2, -0.15) is 4.98 Å². The van der Waals surface area contributed by atoms with Gasteiger partial charge < -0.3 is 14.5 Å². The minimum Gasteiger partial charge on any atom is -0.506 e. The third-order valence-corrected chi connectivity index (χ3v) is 4.34. The summed E-state index contributed by atoms with van der Waals surface area (Å²) in [6.45, 7) is 4.07. The summed E-state index contributed by atoms with van der Waals surface area (Å²) in [5.74, 6) is 1.50. The van der Waals surface area contributed by atoms with E-state index in [0.29, 0.717) is 24.0 Å². The molecule has 0 spiro atoms. The number of phenols is 1. The average molecular weight is 337 g/mol. The van der Waals surface area contributed by atoms with Crippen molar-refractivity contribution in [3.05, 3.63) is 54.7 Å². The molecule has 7 heteroatoms. The van der Waals surface area contributed by atoms with Crippen LogP contribution in [-0.2, 0) is 6.54 Å². The summed E-state index contributed by atoms with van der Waals surface area (Å²) in [5, 5.41) is 14.0. The van der Waals surface area contributed by atoms with Crippen LogP contribution in [0.4, 0.5) is 5.69 Å². The van der Waals surface area contributed by atoms with Gasteiger partial charge >= 0.3 is 0 Å². The maximum atomic E-state index is 9.98. The monoisotopic (exact) mass is 337 g/mol. The highest BCUT2D eigenvalue weighted by Gasteiger charge is 2.21. The summed E-state index contributed by atoms with van der Waals surface area (Å²) in [5.41, 5.74) is 1.74. The van der Waals surface area contributed by atoms with Crippen LogP contribution in [-0.4, -0.2) is 51.3 Å². The molecule has 0 saturated carbocycles. The minimum absolute atomic E-state index is 0.328. The molecule has 3 aromatic rings. The van der Waals surface area contributed by atoms with Crippen LogP contribution in [0.3, 0.4) is 0 Å². The Morgan fingerprint density at radius 3 is 2.64 bits per heavy atom. The zero-order valence-corrected chi connectivity index (χ0v) is 13.7. The number of piperazine rings is 1. The Balaban J connectivity index is 1.36. The number of anilines is 1. The minimum atomic E-state index is 0.328. The van der Waals surface area contributed by atoms with Gasteiger partial charge in [0.1, 0.15) is 5.75 Å². The summed E-state index contributed by atoms with van der Waals surface area (Å²) in [6.07, 6.45) is 3.44. The van der Waals surface area contributed by atoms with Crippen molar-refractivity contribution in [2.75, 3.05) is 31.1 Å². The molecule has 1 N–H and O–H groups in total. The fraction of sp³-hybridized carbons (Fsp3) is 0.278. The lowest BCUT2D eigenvalue weighted by Gasteiger charge is -2.35. The fourth-order valence-electron chi connectivity index (χ4n) is 3.00. The standard InChI is InChI=1S/C18H19N5O2/c24-16-6-2-1-5-15(16)23-10-8-22(9-11-23)13-17-20-18(21-25-17)14-4-3-7-19-12-14/h1-7,12,24H,8-11,13H2. The summed E-state index contributed by atoms with van der Waals surface area (Å²) >= 11 is 0. The van der Waals surface area contributed by atoms with Crippen molar-refractivity contribution < 1.29 is 9.63 Å². The van der Waals surface area contributed by atoms with Crippen molar-refractivity contribution in [3.8, 4) is 17.1 Å². The van der Waals surface area contributed by atoms with Crippen LogP contribution in [0, 0.1) is 0 Å². The number of benzene rings is 1. The molecule has 25 heavy (non-hydrogen) atoms. The summed E-state index contributed by atoms with van der Waals surface area (Å²) in [4.78, 5) is 13.0. The van der Waals surface area contributed by atoms with Gasteiger partial charge in [0.25, 0.3) is 0 Å². The molecular weight excluding hydrogens is 318 g/mol. The van der Waals surface area contributed by atoms with Crippen molar-refractivity contribution in [2.24, 2.45) is 0 Å². The van der Waals surface area contributed by atoms with Crippen LogP contribution in [0.5, 0.6) is 5.75 Å². The van der Waals surface area contributed by atoms with Gasteiger partial charge in [-0.15, -0.1) is 0 Å². The maximum Gasteiger partial charge on any atom is 0.241 e. The van der Waals surface area contributed by atoms with Crippen molar-refractivity contribution in [3.63, 3.8) is 0 Å². The highest BCUT2D eigenvalue weighted by atomic mass is 16.5. The van der Waals surface area contributed by atoms with Crippen LogP contribution >= 0.6 is 0 Å². The molecule has 0 aliphatic carbocycles. The first kappa shape index (κ1) is 15.6. The zero-order chi connectivity index (χ0) is 17.1. The van der Waals surface area contributed by atoms with E-state index in [2.05, 4.69) is 24.9 Å². The molecule has 1 aliphatic rings. The van der Waals surface area contributed by atoms with E-state index in [1.807, 2.05) is 30.3 Å². The van der Waals surface area contributed by atoms with E-state index in [1.54, 1.807) is 18.5 Å². The molecular formula is C18H19N5O2. The highest BCUT2D eigenvalue weighted by Crippen LogP contribution is 2.27. The number of para-hydroxylation sites is 2. The van der Waals surface area contributed by atoms with E-state index in [-0.39, 0.29) is 0 Å². The number of aromatic nitrogens is 3. The molecule has 0 amide bonds. The second kappa shape index (κ2) is 6.90. The predicted molar refractivity (Wildman–Crippen MR) is 93.1 cm³/mol. The number of nitrogens with zero attached hydrogens (tertiary/aromatic N) is 5. The van der Waals surface area contributed by atoms with Crippen LogP contribution < -0.4 is 4.90 Å². The van der Waals surface area contributed by atoms with E-state index >= 15 is 0 Å². The average Bonchev–Trinajstić information content (AvgIpc) is 3.12. The molecule has 128 valence electrons. The van der Waals surface area contributed by atoms with Gasteiger partial charge in [-0.1, -0.05) is 17.3 Å². The van der Waals surface area contributed by atoms with E-state index in [1.165, 1.54) is 0 Å². The molecule has 1 aromatic carbocycles. The van der Waals surface area contributed by atoms with Gasteiger partial charge in [0.05, 0.1) is 12.2 Å². The maximum absolute atomic E-state index is 9.98. The Morgan fingerprint density at radius 2 is 1.88 bits per heavy atom. The van der Waals surface area contributed by atoms with Crippen LogP contribution in [0.25, 0.3) is 11.4 Å². The first-order valence-electron chi connectivity index (χ1n) is 8.28. The van der Waals surface area contributed by atoms with Gasteiger partial charge in [0.15, 0.2) is 0 Å². The molecule has 0 atom stereocenters. The second-order valence-corrected chi connectivity index (χ2v) is 6.01. The molecule has 1 aliphatic heterocycles. The number of phenolic OH excluding ortho intramolecular Hbond substituents is 1. The van der Waals surface area contributed by atoms with Crippen LogP contribution in [0.1, 0.15) is 5.89 Å². The fourth-order valence-corrected chi connectivity index (χ4v) is 3.00. The summed E-state index contributed by atoms with van der Waals surface area (Å²) < 4.78 is 5.37. The Labute approximate surface area is 145 Å². The third kappa shape index (κ3) is 3.46. The highest BCUT2D eigenvalue weighted by molar-refractivity contribution is 5.57. The first-order chi connectivity index (χ1) is 12.3. The van der Waals surface area contributed by atoms with Gasteiger partial charge in [0, 0.05) is 44.1 Å². The number of rotatable bonds is 4. The molecule has 0 bridgehead atoms. The van der Waals surface area contributed by atoms with Crippen LogP contribution in [0.15, 0.2) is 53.3 Å². The van der Waals surface area contributed by atoms with E-state index in [4.69, 9.17) is 4.52 Å². The van der Waals surface area contributed by atoms with Crippen molar-refractivity contribution >= 4 is 5.69 Å². The lowest BCUT2D eigenvalue weighted by molar-refractivity contribution is 0.215. The van der Waals surface area contributed by atoms with Gasteiger partial charge in [-0.25, -0.2) is 0 Å². The quantitative estimate of drug-likeness (QED) is 0.781. The molecule has 0 unspecified atom stereocenters. The summed E-state index contributed by atoms with van der Waals surface area (Å²) in [7, 11) is 0. The van der Waals surface area contributed by atoms with E-state index in [9.17, 15) is 5.11 Å². The lowest BCUT2D eigenvalue weighted by atomic mass is 10.2. The van der Waals surface area contributed by atoms with Crippen LogP contribution in [0.2, 0.25) is 0 Å². The smallest absolute Gasteiger partial charge is 0.241 e. The largest absolute Gasteiger partial charge is 0.506 e. The zero-order valence-electron chi connectivity index (χ0n) is 13.7. The van der Waals surface area contributed by atoms with Gasteiger partial charge in [0.2, 0.25) is 11.7 Å². The summed E-state index contributed by atoms with van der Waals surface area (Å²) in [6, 6.07) is 11.2. The normalized spacial score (nSPS) is 15.4. The predicted octanol–water partition coefficient (Wildman–Crippen LogP) is 2.16. The first-order valence-corrected chi connectivity index (χ1v) is 8.28. The Hall–Kier alpha value is -2.93. The molecule has 0 radical (unpaired) electrons. The molecule has 3 heterocycles. The number of hydrogen-bond donors (Lipinski definition) is 1. The SMILES string of the molecule is Oc1ccccc1N1CCN(Cc2nc(-c3cccnc3)no2)CC1. The van der Waals surface area contributed by atoms with Crippen molar-refractivity contribution in [2.45, 2.75) is 6.54 Å². The third-order valence-electron chi connectivity index (χ3n) is 4.34. The Bertz CT molecular complexity index is 828. The Kier molecular flexibility index (Phi) is 4.30. The van der Waals surface area contributed by atoms with Crippen molar-refractivity contribution in [1.29, 1.82) is 0 Å². The number of pyridine rings is 1. The molecule has 2 aromatic heterocycles. The molecule has 4 rings (SSSR count). The number of aromatic hydroxyl groups is 1. The van der Waals surface area contributed by atoms with Gasteiger partial charge in [-0.3, -0.25) is 9.88 Å². The second-order valence-electron chi connectivity index (χ2n) is 6.01. The van der Waals surface area contributed by atoms with E-state index < -0.39 is 0 Å². The van der Waals surface area contributed by atoms with Gasteiger partial charge in [-0.05, 0) is 24.3 Å².